The van der Waals surface area contributed by atoms with E-state index < -0.39 is 0 Å². The fourth-order valence-corrected chi connectivity index (χ4v) is 3.73. The molecule has 2 aromatic carbocycles. The van der Waals surface area contributed by atoms with Crippen molar-refractivity contribution in [1.29, 1.82) is 0 Å². The Balaban J connectivity index is 0.000000669. The number of aryl methyl sites for hydroxylation is 2. The molecule has 10 nitrogen and oxygen atoms in total. The first-order chi connectivity index (χ1) is 19.9. The van der Waals surface area contributed by atoms with Gasteiger partial charge in [0.1, 0.15) is 0 Å². The topological polar surface area (TPSA) is 170 Å². The molecule has 0 aliphatic rings. The maximum atomic E-state index is 11.8. The van der Waals surface area contributed by atoms with Crippen molar-refractivity contribution in [2.75, 3.05) is 26.2 Å². The molecule has 0 radical (unpaired) electrons. The number of nitrogens with zero attached hydrogens (tertiary/aromatic N) is 6. The van der Waals surface area contributed by atoms with Crippen LogP contribution in [0.5, 0.6) is 0 Å². The van der Waals surface area contributed by atoms with E-state index in [9.17, 15) is 9.59 Å². The minimum absolute atomic E-state index is 0.129. The zero-order valence-corrected chi connectivity index (χ0v) is 25.2. The van der Waals surface area contributed by atoms with E-state index >= 15 is 0 Å². The first-order valence-electron chi connectivity index (χ1n) is 14.3. The van der Waals surface area contributed by atoms with Crippen molar-refractivity contribution >= 4 is 22.8 Å². The van der Waals surface area contributed by atoms with Gasteiger partial charge in [0.2, 0.25) is 0 Å². The van der Waals surface area contributed by atoms with E-state index in [2.05, 4.69) is 39.2 Å². The molecule has 0 heterocycles. The Bertz CT molecular complexity index is 1060. The van der Waals surface area contributed by atoms with Crippen LogP contribution in [0.25, 0.3) is 20.9 Å². The number of nitrogens with one attached hydrogen (secondary N) is 1. The molecule has 0 atom stereocenters. The number of hydrogen-bond donors (Lipinski definition) is 2. The SMILES string of the molecule is CCCCCCc1ccc(C(=O)Cl)cc1.CCCCCCc1ccc(C(=O)NCCN=[N+]=[N-])cc1.[N-]=[N+]=NCCN. The number of unbranched alkanes of at least 4 members (excludes halogenated alkanes) is 6. The number of benzene rings is 2. The van der Waals surface area contributed by atoms with Gasteiger partial charge in [-0.15, -0.1) is 0 Å². The van der Waals surface area contributed by atoms with Gasteiger partial charge in [0.05, 0.1) is 0 Å². The highest BCUT2D eigenvalue weighted by Crippen LogP contribution is 2.11. The van der Waals surface area contributed by atoms with Gasteiger partial charge in [-0.25, -0.2) is 0 Å². The first-order valence-corrected chi connectivity index (χ1v) is 14.7. The predicted octanol–water partition coefficient (Wildman–Crippen LogP) is 8.29. The van der Waals surface area contributed by atoms with E-state index in [1.54, 1.807) is 12.1 Å². The highest BCUT2D eigenvalue weighted by Gasteiger charge is 2.04. The van der Waals surface area contributed by atoms with Gasteiger partial charge < -0.3 is 11.1 Å². The molecule has 0 bridgehead atoms. The highest BCUT2D eigenvalue weighted by atomic mass is 35.5. The van der Waals surface area contributed by atoms with Gasteiger partial charge in [0.15, 0.2) is 0 Å². The van der Waals surface area contributed by atoms with Gasteiger partial charge in [0.25, 0.3) is 11.1 Å². The molecule has 1 amide bonds. The number of nitrogens with two attached hydrogens (primary N) is 1. The summed E-state index contributed by atoms with van der Waals surface area (Å²) in [6, 6.07) is 15.3. The molecule has 0 unspecified atom stereocenters. The van der Waals surface area contributed by atoms with Crippen LogP contribution in [0.4, 0.5) is 0 Å². The van der Waals surface area contributed by atoms with Gasteiger partial charge in [-0.2, -0.15) is 0 Å². The molecular weight excluding hydrogens is 540 g/mol. The van der Waals surface area contributed by atoms with E-state index in [0.29, 0.717) is 30.8 Å². The lowest BCUT2D eigenvalue weighted by molar-refractivity contribution is 0.0954. The lowest BCUT2D eigenvalue weighted by Gasteiger charge is -2.05. The molecule has 0 spiro atoms. The largest absolute Gasteiger partial charge is 0.352 e. The molecule has 0 aliphatic heterocycles. The van der Waals surface area contributed by atoms with Gasteiger partial charge >= 0.3 is 0 Å². The number of rotatable bonds is 17. The van der Waals surface area contributed by atoms with Crippen molar-refractivity contribution in [1.82, 2.24) is 5.32 Å². The summed E-state index contributed by atoms with van der Waals surface area (Å²) < 4.78 is 0. The molecule has 0 aliphatic carbocycles. The second-order valence-corrected chi connectivity index (χ2v) is 9.59. The summed E-state index contributed by atoms with van der Waals surface area (Å²) in [5.74, 6) is -0.129. The number of amides is 1. The molecule has 2 rings (SSSR count). The average molecular weight is 585 g/mol. The number of carbonyl (C=O) groups excluding carboxylic acids is 2. The first kappa shape index (κ1) is 37.5. The second-order valence-electron chi connectivity index (χ2n) is 9.24. The van der Waals surface area contributed by atoms with Crippen LogP contribution >= 0.6 is 11.6 Å². The summed E-state index contributed by atoms with van der Waals surface area (Å²) in [6.07, 6.45) is 12.2. The minimum atomic E-state index is -0.382. The van der Waals surface area contributed by atoms with E-state index in [4.69, 9.17) is 28.4 Å². The third-order valence-corrected chi connectivity index (χ3v) is 6.11. The van der Waals surface area contributed by atoms with Crippen molar-refractivity contribution in [3.05, 3.63) is 91.7 Å². The second kappa shape index (κ2) is 26.7. The van der Waals surface area contributed by atoms with Crippen LogP contribution in [0.2, 0.25) is 0 Å². The number of hydrogen-bond acceptors (Lipinski definition) is 5. The molecule has 0 saturated heterocycles. The van der Waals surface area contributed by atoms with Crippen LogP contribution in [0, 0.1) is 0 Å². The highest BCUT2D eigenvalue weighted by molar-refractivity contribution is 6.67. The smallest absolute Gasteiger partial charge is 0.252 e. The standard InChI is InChI=1S/C15H22N4O.C13H17ClO.C2H6N4/c1-2-3-4-5-6-13-7-9-14(10-8-13)15(20)17-11-12-18-19-16;1-2-3-4-5-6-11-7-9-12(10-8-11)13(14)15;3-1-2-5-6-4/h7-10H,2-6,11-12H2,1H3,(H,17,20);7-10H,2-6H2,1H3;1-3H2. The maximum absolute atomic E-state index is 11.8. The van der Waals surface area contributed by atoms with Gasteiger partial charge in [-0.05, 0) is 90.3 Å². The number of azide groups is 2. The fraction of sp³-hybridized carbons (Fsp3) is 0.533. The van der Waals surface area contributed by atoms with Crippen molar-refractivity contribution in [2.45, 2.75) is 78.1 Å². The summed E-state index contributed by atoms with van der Waals surface area (Å²) in [4.78, 5) is 27.7. The zero-order valence-electron chi connectivity index (χ0n) is 24.5. The number of carbonyl (C=O) groups is 2. The molecule has 2 aromatic rings. The van der Waals surface area contributed by atoms with Crippen molar-refractivity contribution in [2.24, 2.45) is 16.0 Å². The molecule has 3 N–H and O–H groups in total. The molecule has 0 fully saturated rings. The summed E-state index contributed by atoms with van der Waals surface area (Å²) >= 11 is 5.36. The molecule has 0 aromatic heterocycles. The Hall–Kier alpha value is -3.55. The number of halogens is 1. The van der Waals surface area contributed by atoms with Gasteiger partial charge in [0, 0.05) is 40.6 Å². The van der Waals surface area contributed by atoms with Crippen LogP contribution in [0.1, 0.15) is 97.1 Å². The van der Waals surface area contributed by atoms with E-state index in [0.717, 1.165) is 12.8 Å². The minimum Gasteiger partial charge on any atom is -0.352 e. The van der Waals surface area contributed by atoms with Crippen LogP contribution in [-0.2, 0) is 12.8 Å². The van der Waals surface area contributed by atoms with Crippen LogP contribution in [-0.4, -0.2) is 37.3 Å². The Labute approximate surface area is 249 Å². The Morgan fingerprint density at radius 1 is 0.756 bits per heavy atom. The lowest BCUT2D eigenvalue weighted by atomic mass is 10.0. The Kier molecular flexibility index (Phi) is 24.4. The fourth-order valence-electron chi connectivity index (χ4n) is 3.61. The molecular formula is C30H45ClN8O2. The van der Waals surface area contributed by atoms with Gasteiger partial charge in [-0.3, -0.25) is 9.59 Å². The molecule has 41 heavy (non-hydrogen) atoms. The predicted molar refractivity (Wildman–Crippen MR) is 168 cm³/mol. The molecule has 224 valence electrons. The van der Waals surface area contributed by atoms with Crippen LogP contribution < -0.4 is 11.1 Å². The van der Waals surface area contributed by atoms with Crippen molar-refractivity contribution in [3.8, 4) is 0 Å². The van der Waals surface area contributed by atoms with Crippen molar-refractivity contribution in [3.63, 3.8) is 0 Å². The third-order valence-electron chi connectivity index (χ3n) is 5.89. The van der Waals surface area contributed by atoms with E-state index in [1.807, 2.05) is 36.4 Å². The van der Waals surface area contributed by atoms with Crippen LogP contribution in [0.3, 0.4) is 0 Å². The molecule has 0 saturated carbocycles. The summed E-state index contributed by atoms with van der Waals surface area (Å²) in [7, 11) is 0. The lowest BCUT2D eigenvalue weighted by Crippen LogP contribution is -2.25. The molecule has 11 heteroatoms. The van der Waals surface area contributed by atoms with Crippen molar-refractivity contribution < 1.29 is 9.59 Å². The summed E-state index contributed by atoms with van der Waals surface area (Å²) in [6.45, 7) is 5.89. The average Bonchev–Trinajstić information content (AvgIpc) is 3.00. The van der Waals surface area contributed by atoms with Gasteiger partial charge in [-0.1, -0.05) is 86.9 Å². The summed E-state index contributed by atoms with van der Waals surface area (Å²) in [5, 5.41) is 8.84. The van der Waals surface area contributed by atoms with E-state index in [-0.39, 0.29) is 17.7 Å². The Morgan fingerprint density at radius 3 is 1.61 bits per heavy atom. The summed E-state index contributed by atoms with van der Waals surface area (Å²) in [5.41, 5.74) is 24.5. The third kappa shape index (κ3) is 20.9. The quantitative estimate of drug-likeness (QED) is 0.0627. The van der Waals surface area contributed by atoms with Crippen LogP contribution in [0.15, 0.2) is 58.8 Å². The zero-order chi connectivity index (χ0) is 30.6. The normalized spacial score (nSPS) is 9.56. The maximum Gasteiger partial charge on any atom is 0.252 e. The van der Waals surface area contributed by atoms with E-state index in [1.165, 1.54) is 62.5 Å². The monoisotopic (exact) mass is 584 g/mol. The Morgan fingerprint density at radius 2 is 1.22 bits per heavy atom.